The Morgan fingerprint density at radius 1 is 1.04 bits per heavy atom. The van der Waals surface area contributed by atoms with Crippen LogP contribution in [-0.2, 0) is 6.61 Å². The van der Waals surface area contributed by atoms with Crippen LogP contribution in [0.1, 0.15) is 22.4 Å². The predicted octanol–water partition coefficient (Wildman–Crippen LogP) is 5.03. The van der Waals surface area contributed by atoms with Crippen molar-refractivity contribution < 1.29 is 4.74 Å². The van der Waals surface area contributed by atoms with E-state index in [2.05, 4.69) is 42.2 Å². The van der Waals surface area contributed by atoms with Crippen molar-refractivity contribution in [1.29, 1.82) is 5.26 Å². The van der Waals surface area contributed by atoms with Crippen LogP contribution >= 0.6 is 0 Å². The highest BCUT2D eigenvalue weighted by Crippen LogP contribution is 2.19. The van der Waals surface area contributed by atoms with Crippen LogP contribution in [0, 0.1) is 18.3 Å². The monoisotopic (exact) mass is 326 g/mol. The van der Waals surface area contributed by atoms with Gasteiger partial charge in [-0.25, -0.2) is 0 Å². The summed E-state index contributed by atoms with van der Waals surface area (Å²) in [6, 6.07) is 23.7. The third kappa shape index (κ3) is 4.55. The van der Waals surface area contributed by atoms with Crippen molar-refractivity contribution >= 4 is 11.6 Å². The molecule has 0 aliphatic rings. The Morgan fingerprint density at radius 3 is 2.44 bits per heavy atom. The fraction of sp³-hybridized carbons (Fsp3) is 0.0909. The maximum atomic E-state index is 9.34. The molecular weight excluding hydrogens is 308 g/mol. The Hall–Kier alpha value is -3.38. The van der Waals surface area contributed by atoms with E-state index in [4.69, 9.17) is 4.74 Å². The Morgan fingerprint density at radius 2 is 1.80 bits per heavy atom. The number of nitriles is 1. The molecule has 0 spiro atoms. The summed E-state index contributed by atoms with van der Waals surface area (Å²) in [6.45, 7) is 2.60. The van der Waals surface area contributed by atoms with Crippen molar-refractivity contribution in [2.45, 2.75) is 13.5 Å². The van der Waals surface area contributed by atoms with E-state index in [9.17, 15) is 5.26 Å². The topological polar surface area (TPSA) is 45.9 Å². The third-order valence-electron chi connectivity index (χ3n) is 3.78. The molecule has 3 rings (SSSR count). The van der Waals surface area contributed by atoms with Gasteiger partial charge >= 0.3 is 0 Å². The average Bonchev–Trinajstić information content (AvgIpc) is 2.67. The highest BCUT2D eigenvalue weighted by atomic mass is 16.5. The Labute approximate surface area is 147 Å². The summed E-state index contributed by atoms with van der Waals surface area (Å²) in [5.74, 6) is 0.800. The van der Waals surface area contributed by atoms with Gasteiger partial charge in [0.05, 0.1) is 11.3 Å². The molecule has 0 N–H and O–H groups in total. The zero-order valence-electron chi connectivity index (χ0n) is 14.0. The molecule has 0 bridgehead atoms. The number of benzene rings is 2. The van der Waals surface area contributed by atoms with Crippen LogP contribution in [0.15, 0.2) is 72.9 Å². The summed E-state index contributed by atoms with van der Waals surface area (Å²) in [6.07, 6.45) is 3.51. The van der Waals surface area contributed by atoms with Gasteiger partial charge in [-0.1, -0.05) is 48.0 Å². The Bertz CT molecular complexity index is 890. The maximum absolute atomic E-state index is 9.34. The molecule has 3 heteroatoms. The molecule has 0 aliphatic heterocycles. The molecule has 0 radical (unpaired) electrons. The molecule has 2 aromatic carbocycles. The maximum Gasteiger partial charge on any atom is 0.119 e. The van der Waals surface area contributed by atoms with Gasteiger partial charge in [-0.2, -0.15) is 5.26 Å². The lowest BCUT2D eigenvalue weighted by molar-refractivity contribution is 0.306. The van der Waals surface area contributed by atoms with E-state index in [0.29, 0.717) is 17.9 Å². The predicted molar refractivity (Wildman–Crippen MR) is 99.7 cm³/mol. The fourth-order valence-corrected chi connectivity index (χ4v) is 2.36. The van der Waals surface area contributed by atoms with Crippen LogP contribution in [0.25, 0.3) is 11.6 Å². The highest BCUT2D eigenvalue weighted by molar-refractivity contribution is 5.88. The average molecular weight is 326 g/mol. The van der Waals surface area contributed by atoms with Gasteiger partial charge < -0.3 is 4.74 Å². The van der Waals surface area contributed by atoms with Gasteiger partial charge in [-0.05, 0) is 48.4 Å². The van der Waals surface area contributed by atoms with E-state index in [1.165, 1.54) is 5.56 Å². The first-order valence-corrected chi connectivity index (χ1v) is 8.06. The van der Waals surface area contributed by atoms with Gasteiger partial charge in [0.25, 0.3) is 0 Å². The Balaban J connectivity index is 1.68. The standard InChI is InChI=1S/C22H18N2O/c1-17-5-7-19(8-6-17)16-25-21-11-9-18(10-12-21)14-20(15-23)22-4-2-3-13-24-22/h2-14H,16H2,1H3/b20-14+. The van der Waals surface area contributed by atoms with Crippen LogP contribution in [-0.4, -0.2) is 4.98 Å². The minimum Gasteiger partial charge on any atom is -0.489 e. The fourth-order valence-electron chi connectivity index (χ4n) is 2.36. The van der Waals surface area contributed by atoms with Gasteiger partial charge in [-0.3, -0.25) is 4.98 Å². The van der Waals surface area contributed by atoms with Crippen LogP contribution in [0.5, 0.6) is 5.75 Å². The molecule has 25 heavy (non-hydrogen) atoms. The van der Waals surface area contributed by atoms with E-state index in [1.807, 2.05) is 48.5 Å². The van der Waals surface area contributed by atoms with Gasteiger partial charge in [0, 0.05) is 6.20 Å². The second kappa shape index (κ2) is 7.94. The quantitative estimate of drug-likeness (QED) is 0.618. The summed E-state index contributed by atoms with van der Waals surface area (Å²) in [5.41, 5.74) is 4.51. The molecule has 3 nitrogen and oxygen atoms in total. The van der Waals surface area contributed by atoms with Gasteiger partial charge in [0.2, 0.25) is 0 Å². The molecule has 1 aromatic heterocycles. The molecule has 3 aromatic rings. The molecule has 0 fully saturated rings. The smallest absolute Gasteiger partial charge is 0.119 e. The van der Waals surface area contributed by atoms with E-state index in [1.54, 1.807) is 6.20 Å². The summed E-state index contributed by atoms with van der Waals surface area (Å²) < 4.78 is 5.80. The SMILES string of the molecule is Cc1ccc(COc2ccc(/C=C(\C#N)c3ccccn3)cc2)cc1. The molecule has 0 saturated carbocycles. The van der Waals surface area contributed by atoms with Crippen molar-refractivity contribution in [2.75, 3.05) is 0 Å². The summed E-state index contributed by atoms with van der Waals surface area (Å²) >= 11 is 0. The molecule has 0 amide bonds. The van der Waals surface area contributed by atoms with Gasteiger partial charge in [0.15, 0.2) is 0 Å². The lowest BCUT2D eigenvalue weighted by Crippen LogP contribution is -1.95. The van der Waals surface area contributed by atoms with Gasteiger partial charge in [-0.15, -0.1) is 0 Å². The zero-order chi connectivity index (χ0) is 17.5. The third-order valence-corrected chi connectivity index (χ3v) is 3.78. The molecular formula is C22H18N2O. The first kappa shape index (κ1) is 16.5. The number of allylic oxidation sites excluding steroid dienone is 1. The minimum absolute atomic E-state index is 0.535. The van der Waals surface area contributed by atoms with Crippen molar-refractivity contribution in [3.63, 3.8) is 0 Å². The van der Waals surface area contributed by atoms with Gasteiger partial charge in [0.1, 0.15) is 18.4 Å². The largest absolute Gasteiger partial charge is 0.489 e. The summed E-state index contributed by atoms with van der Waals surface area (Å²) in [4.78, 5) is 4.22. The first-order valence-electron chi connectivity index (χ1n) is 8.06. The summed E-state index contributed by atoms with van der Waals surface area (Å²) in [5, 5.41) is 9.34. The van der Waals surface area contributed by atoms with Crippen LogP contribution < -0.4 is 4.74 Å². The second-order valence-electron chi connectivity index (χ2n) is 5.73. The number of pyridine rings is 1. The Kier molecular flexibility index (Phi) is 5.23. The number of aryl methyl sites for hydroxylation is 1. The van der Waals surface area contributed by atoms with E-state index in [-0.39, 0.29) is 0 Å². The number of hydrogen-bond acceptors (Lipinski definition) is 3. The number of ether oxygens (including phenoxy) is 1. The molecule has 1 heterocycles. The molecule has 0 saturated heterocycles. The van der Waals surface area contributed by atoms with Crippen LogP contribution in [0.2, 0.25) is 0 Å². The van der Waals surface area contributed by atoms with Crippen molar-refractivity contribution in [3.05, 3.63) is 95.3 Å². The molecule has 122 valence electrons. The lowest BCUT2D eigenvalue weighted by Gasteiger charge is -2.07. The lowest BCUT2D eigenvalue weighted by atomic mass is 10.1. The number of hydrogen-bond donors (Lipinski definition) is 0. The molecule has 0 unspecified atom stereocenters. The zero-order valence-corrected chi connectivity index (χ0v) is 14.0. The minimum atomic E-state index is 0.535. The van der Waals surface area contributed by atoms with Crippen LogP contribution in [0.4, 0.5) is 0 Å². The molecule has 0 atom stereocenters. The van der Waals surface area contributed by atoms with Crippen molar-refractivity contribution in [1.82, 2.24) is 4.98 Å². The molecule has 0 aliphatic carbocycles. The number of aromatic nitrogens is 1. The van der Waals surface area contributed by atoms with Crippen LogP contribution in [0.3, 0.4) is 0 Å². The van der Waals surface area contributed by atoms with Crippen molar-refractivity contribution in [3.8, 4) is 11.8 Å². The highest BCUT2D eigenvalue weighted by Gasteiger charge is 2.02. The normalized spacial score (nSPS) is 11.0. The number of rotatable bonds is 5. The van der Waals surface area contributed by atoms with Crippen molar-refractivity contribution in [2.24, 2.45) is 0 Å². The van der Waals surface area contributed by atoms with E-state index < -0.39 is 0 Å². The first-order chi connectivity index (χ1) is 12.2. The number of nitrogens with zero attached hydrogens (tertiary/aromatic N) is 2. The van der Waals surface area contributed by atoms with E-state index in [0.717, 1.165) is 16.9 Å². The summed E-state index contributed by atoms with van der Waals surface area (Å²) in [7, 11) is 0. The van der Waals surface area contributed by atoms with E-state index >= 15 is 0 Å². The second-order valence-corrected chi connectivity index (χ2v) is 5.73.